The van der Waals surface area contributed by atoms with E-state index in [1.165, 1.54) is 37.7 Å². The van der Waals surface area contributed by atoms with Crippen LogP contribution in [0.2, 0.25) is 0 Å². The smallest absolute Gasteiger partial charge is 0.155 e. The molecule has 0 saturated heterocycles. The normalized spacial score (nSPS) is 40.1. The number of fused-ring (bicyclic) bond motifs is 5. The Morgan fingerprint density at radius 3 is 3.00 bits per heavy atom. The van der Waals surface area contributed by atoms with Gasteiger partial charge in [0.1, 0.15) is 0 Å². The monoisotopic (exact) mass is 359 g/mol. The number of aromatic nitrogens is 1. The van der Waals surface area contributed by atoms with E-state index in [0.717, 1.165) is 36.7 Å². The molecule has 0 aliphatic heterocycles. The lowest BCUT2D eigenvalue weighted by molar-refractivity contribution is -0.116. The van der Waals surface area contributed by atoms with Gasteiger partial charge in [0.15, 0.2) is 5.78 Å². The van der Waals surface area contributed by atoms with E-state index in [4.69, 9.17) is 0 Å². The molecule has 1 aromatic heterocycles. The molecule has 4 aliphatic rings. The minimum absolute atomic E-state index is 0.346. The van der Waals surface area contributed by atoms with E-state index >= 15 is 0 Å². The van der Waals surface area contributed by atoms with Crippen molar-refractivity contribution >= 4 is 5.78 Å². The third-order valence-electron chi connectivity index (χ3n) is 8.14. The molecule has 2 heteroatoms. The van der Waals surface area contributed by atoms with Crippen LogP contribution in [0.3, 0.4) is 0 Å². The van der Waals surface area contributed by atoms with Crippen molar-refractivity contribution in [3.05, 3.63) is 41.7 Å². The van der Waals surface area contributed by atoms with E-state index in [0.29, 0.717) is 29.0 Å². The van der Waals surface area contributed by atoms with Gasteiger partial charge in [-0.1, -0.05) is 30.8 Å². The molecule has 0 spiro atoms. The van der Waals surface area contributed by atoms with Gasteiger partial charge in [-0.2, -0.15) is 0 Å². The molecular weight excluding hydrogens is 330 g/mol. The molecule has 3 saturated carbocycles. The van der Waals surface area contributed by atoms with Crippen LogP contribution in [0.15, 0.2) is 36.2 Å². The summed E-state index contributed by atoms with van der Waals surface area (Å²) in [6.45, 7) is 2.54. The lowest BCUT2D eigenvalue weighted by Crippen LogP contribution is -2.48. The molecular formula is C25H29NO. The maximum Gasteiger partial charge on any atom is 0.155 e. The molecule has 140 valence electrons. The lowest BCUT2D eigenvalue weighted by Gasteiger charge is -2.55. The van der Waals surface area contributed by atoms with E-state index in [1.54, 1.807) is 0 Å². The molecule has 27 heavy (non-hydrogen) atoms. The highest BCUT2D eigenvalue weighted by Crippen LogP contribution is 2.63. The molecule has 6 atom stereocenters. The van der Waals surface area contributed by atoms with Gasteiger partial charge in [0.25, 0.3) is 0 Å². The number of nitrogens with zero attached hydrogens (tertiary/aromatic N) is 1. The lowest BCUT2D eigenvalue weighted by atomic mass is 9.49. The fourth-order valence-corrected chi connectivity index (χ4v) is 7.08. The summed E-state index contributed by atoms with van der Waals surface area (Å²) in [5, 5.41) is 0. The number of carbonyl (C=O) groups is 1. The van der Waals surface area contributed by atoms with E-state index in [9.17, 15) is 4.79 Å². The third kappa shape index (κ3) is 2.96. The Kier molecular flexibility index (Phi) is 4.23. The maximum atomic E-state index is 12.0. The van der Waals surface area contributed by atoms with Crippen molar-refractivity contribution in [2.75, 3.05) is 0 Å². The highest BCUT2D eigenvalue weighted by Gasteiger charge is 2.55. The van der Waals surface area contributed by atoms with Crippen molar-refractivity contribution in [3.63, 3.8) is 0 Å². The first-order chi connectivity index (χ1) is 13.1. The Labute approximate surface area is 162 Å². The summed E-state index contributed by atoms with van der Waals surface area (Å²) in [6, 6.07) is 4.03. The van der Waals surface area contributed by atoms with Crippen LogP contribution < -0.4 is 0 Å². The minimum atomic E-state index is 0.346. The molecule has 0 amide bonds. The van der Waals surface area contributed by atoms with Gasteiger partial charge >= 0.3 is 0 Å². The van der Waals surface area contributed by atoms with Gasteiger partial charge in [-0.25, -0.2) is 0 Å². The molecule has 0 radical (unpaired) electrons. The first-order valence-corrected chi connectivity index (χ1v) is 10.8. The second-order valence-corrected chi connectivity index (χ2v) is 9.59. The minimum Gasteiger partial charge on any atom is -0.295 e. The Morgan fingerprint density at radius 1 is 1.22 bits per heavy atom. The molecule has 0 bridgehead atoms. The number of carbonyl (C=O) groups excluding carboxylic acids is 1. The standard InChI is InChI=1S/C25H29NO/c1-25-12-2-5-23(25)22-10-8-18-14-20(27)9-11-21(18)24(22)19(15-25)7-6-17-4-3-13-26-16-17/h3-4,13-14,16,19,21-24H,2,5,8-12,15H2,1H3/t19-,21-,22-,23-,24+,25-/m0/s1. The molecule has 0 aromatic carbocycles. The van der Waals surface area contributed by atoms with Gasteiger partial charge in [-0.3, -0.25) is 9.78 Å². The SMILES string of the molecule is C[C@@]12CCC[C@H]1[C@@H]1CCC3=CC(=O)CC[C@@H]3[C@H]1[C@@H](C#Cc1cccnc1)C2. The summed E-state index contributed by atoms with van der Waals surface area (Å²) >= 11 is 0. The van der Waals surface area contributed by atoms with Crippen molar-refractivity contribution in [2.24, 2.45) is 35.0 Å². The number of hydrogen-bond donors (Lipinski definition) is 0. The fraction of sp³-hybridized carbons (Fsp3) is 0.600. The van der Waals surface area contributed by atoms with Gasteiger partial charge in [0.2, 0.25) is 0 Å². The maximum absolute atomic E-state index is 12.0. The average molecular weight is 360 g/mol. The zero-order chi connectivity index (χ0) is 18.4. The van der Waals surface area contributed by atoms with Gasteiger partial charge in [0, 0.05) is 30.3 Å². The average Bonchev–Trinajstić information content (AvgIpc) is 3.07. The first kappa shape index (κ1) is 17.2. The molecule has 1 heterocycles. The first-order valence-electron chi connectivity index (χ1n) is 10.8. The van der Waals surface area contributed by atoms with E-state index < -0.39 is 0 Å². The van der Waals surface area contributed by atoms with Crippen molar-refractivity contribution < 1.29 is 4.79 Å². The van der Waals surface area contributed by atoms with Gasteiger partial charge in [-0.05, 0) is 85.8 Å². The van der Waals surface area contributed by atoms with Gasteiger partial charge < -0.3 is 0 Å². The Morgan fingerprint density at radius 2 is 2.15 bits per heavy atom. The number of rotatable bonds is 0. The van der Waals surface area contributed by atoms with Crippen LogP contribution >= 0.6 is 0 Å². The summed E-state index contributed by atoms with van der Waals surface area (Å²) in [4.78, 5) is 16.2. The predicted octanol–water partition coefficient (Wildman–Crippen LogP) is 5.19. The van der Waals surface area contributed by atoms with Crippen molar-refractivity contribution in [1.29, 1.82) is 0 Å². The molecule has 3 fully saturated rings. The van der Waals surface area contributed by atoms with Crippen LogP contribution in [0.1, 0.15) is 63.9 Å². The Hall–Kier alpha value is -1.88. The largest absolute Gasteiger partial charge is 0.295 e. The van der Waals surface area contributed by atoms with Crippen molar-refractivity contribution in [2.45, 2.75) is 58.3 Å². The van der Waals surface area contributed by atoms with Crippen molar-refractivity contribution in [3.8, 4) is 11.8 Å². The Bertz CT molecular complexity index is 829. The highest BCUT2D eigenvalue weighted by atomic mass is 16.1. The van der Waals surface area contributed by atoms with Crippen LogP contribution in [0, 0.1) is 46.8 Å². The molecule has 0 unspecified atom stereocenters. The summed E-state index contributed by atoms with van der Waals surface area (Å²) < 4.78 is 0. The number of allylic oxidation sites excluding steroid dienone is 1. The molecule has 1 aromatic rings. The second-order valence-electron chi connectivity index (χ2n) is 9.59. The zero-order valence-corrected chi connectivity index (χ0v) is 16.3. The van der Waals surface area contributed by atoms with E-state index in [1.807, 2.05) is 24.5 Å². The number of pyridine rings is 1. The van der Waals surface area contributed by atoms with Crippen molar-refractivity contribution in [1.82, 2.24) is 4.98 Å². The summed E-state index contributed by atoms with van der Waals surface area (Å²) in [7, 11) is 0. The Balaban J connectivity index is 1.52. The van der Waals surface area contributed by atoms with Crippen LogP contribution in [0.4, 0.5) is 0 Å². The summed E-state index contributed by atoms with van der Waals surface area (Å²) in [5.41, 5.74) is 2.95. The van der Waals surface area contributed by atoms with Crippen LogP contribution in [0.25, 0.3) is 0 Å². The van der Waals surface area contributed by atoms with E-state index in [-0.39, 0.29) is 0 Å². The topological polar surface area (TPSA) is 30.0 Å². The quantitative estimate of drug-likeness (QED) is 0.597. The fourth-order valence-electron chi connectivity index (χ4n) is 7.08. The van der Waals surface area contributed by atoms with Crippen LogP contribution in [0.5, 0.6) is 0 Å². The van der Waals surface area contributed by atoms with E-state index in [2.05, 4.69) is 29.8 Å². The highest BCUT2D eigenvalue weighted by molar-refractivity contribution is 5.91. The van der Waals surface area contributed by atoms with Crippen LogP contribution in [-0.4, -0.2) is 10.8 Å². The molecule has 0 N–H and O–H groups in total. The second kappa shape index (κ2) is 6.62. The summed E-state index contributed by atoms with van der Waals surface area (Å²) in [6.07, 6.45) is 15.3. The van der Waals surface area contributed by atoms with Gasteiger partial charge in [0.05, 0.1) is 0 Å². The number of ketones is 1. The zero-order valence-electron chi connectivity index (χ0n) is 16.3. The molecule has 2 nitrogen and oxygen atoms in total. The molecule has 5 rings (SSSR count). The molecule has 4 aliphatic carbocycles. The summed E-state index contributed by atoms with van der Waals surface area (Å²) in [5.74, 6) is 10.9. The third-order valence-corrected chi connectivity index (χ3v) is 8.14. The number of hydrogen-bond acceptors (Lipinski definition) is 2. The van der Waals surface area contributed by atoms with Crippen LogP contribution in [-0.2, 0) is 4.79 Å². The van der Waals surface area contributed by atoms with Gasteiger partial charge in [-0.15, -0.1) is 0 Å². The predicted molar refractivity (Wildman–Crippen MR) is 107 cm³/mol.